The van der Waals surface area contributed by atoms with Crippen LogP contribution in [0.15, 0.2) is 46.7 Å². The molecule has 3 aromatic rings. The Morgan fingerprint density at radius 3 is 2.82 bits per heavy atom. The highest BCUT2D eigenvalue weighted by Crippen LogP contribution is 2.32. The van der Waals surface area contributed by atoms with Gasteiger partial charge in [0.1, 0.15) is 4.83 Å². The molecule has 2 aliphatic rings. The SMILES string of the molecule is Cc1cc2sccn2c(=O)c1CCN1CCC(N2CCc3ccccc32)CC1. The third-order valence-corrected chi connectivity index (χ3v) is 7.34. The van der Waals surface area contributed by atoms with Gasteiger partial charge in [-0.15, -0.1) is 11.3 Å². The van der Waals surface area contributed by atoms with E-state index in [2.05, 4.69) is 47.1 Å². The standard InChI is InChI=1S/C23H27N3OS/c1-17-16-22-26(14-15-28-22)23(27)20(17)9-12-24-10-7-19(8-11-24)25-13-6-18-4-2-3-5-21(18)25/h2-5,14-16,19H,6-13H2,1H3. The van der Waals surface area contributed by atoms with E-state index < -0.39 is 0 Å². The number of fused-ring (bicyclic) bond motifs is 2. The first-order valence-corrected chi connectivity index (χ1v) is 11.2. The molecule has 0 spiro atoms. The maximum Gasteiger partial charge on any atom is 0.259 e. The maximum atomic E-state index is 12.8. The Morgan fingerprint density at radius 1 is 1.14 bits per heavy atom. The minimum absolute atomic E-state index is 0.166. The number of hydrogen-bond acceptors (Lipinski definition) is 4. The van der Waals surface area contributed by atoms with Gasteiger partial charge >= 0.3 is 0 Å². The first-order valence-electron chi connectivity index (χ1n) is 10.4. The summed E-state index contributed by atoms with van der Waals surface area (Å²) in [5.41, 5.74) is 5.24. The summed E-state index contributed by atoms with van der Waals surface area (Å²) in [6.45, 7) is 6.48. The molecule has 4 nitrogen and oxygen atoms in total. The van der Waals surface area contributed by atoms with Crippen molar-refractivity contribution < 1.29 is 0 Å². The van der Waals surface area contributed by atoms with E-state index in [1.807, 2.05) is 11.6 Å². The number of likely N-dealkylation sites (tertiary alicyclic amines) is 1. The van der Waals surface area contributed by atoms with Crippen LogP contribution in [0.5, 0.6) is 0 Å². The summed E-state index contributed by atoms with van der Waals surface area (Å²) >= 11 is 1.63. The van der Waals surface area contributed by atoms with Crippen molar-refractivity contribution in [2.75, 3.05) is 31.1 Å². The number of para-hydroxylation sites is 1. The van der Waals surface area contributed by atoms with Gasteiger partial charge in [-0.05, 0) is 55.9 Å². The van der Waals surface area contributed by atoms with Crippen molar-refractivity contribution in [2.45, 2.75) is 38.6 Å². The third-order valence-electron chi connectivity index (χ3n) is 6.53. The molecule has 2 aliphatic heterocycles. The molecule has 1 fully saturated rings. The third kappa shape index (κ3) is 3.16. The average molecular weight is 394 g/mol. The molecule has 1 saturated heterocycles. The van der Waals surface area contributed by atoms with Gasteiger partial charge in [0.25, 0.3) is 5.56 Å². The summed E-state index contributed by atoms with van der Waals surface area (Å²) in [4.78, 5) is 19.0. The van der Waals surface area contributed by atoms with Crippen LogP contribution in [0.2, 0.25) is 0 Å². The highest BCUT2D eigenvalue weighted by Gasteiger charge is 2.29. The number of rotatable bonds is 4. The second-order valence-electron chi connectivity index (χ2n) is 8.12. The number of thiazole rings is 1. The first-order chi connectivity index (χ1) is 13.7. The Labute approximate surface area is 170 Å². The van der Waals surface area contributed by atoms with Gasteiger partial charge in [0.15, 0.2) is 0 Å². The van der Waals surface area contributed by atoms with Crippen LogP contribution < -0.4 is 10.5 Å². The van der Waals surface area contributed by atoms with Crippen molar-refractivity contribution in [3.05, 3.63) is 69.0 Å². The second-order valence-corrected chi connectivity index (χ2v) is 9.04. The number of pyridine rings is 1. The molecule has 2 aromatic heterocycles. The summed E-state index contributed by atoms with van der Waals surface area (Å²) in [6.07, 6.45) is 6.36. The van der Waals surface area contributed by atoms with Gasteiger partial charge in [0, 0.05) is 55.0 Å². The highest BCUT2D eigenvalue weighted by atomic mass is 32.1. The lowest BCUT2D eigenvalue weighted by Crippen LogP contribution is -2.45. The predicted octanol–water partition coefficient (Wildman–Crippen LogP) is 3.74. The van der Waals surface area contributed by atoms with Crippen LogP contribution in [0.3, 0.4) is 0 Å². The van der Waals surface area contributed by atoms with Crippen LogP contribution in [-0.2, 0) is 12.8 Å². The van der Waals surface area contributed by atoms with Crippen LogP contribution in [-0.4, -0.2) is 41.5 Å². The molecule has 5 heteroatoms. The van der Waals surface area contributed by atoms with Crippen LogP contribution >= 0.6 is 11.3 Å². The average Bonchev–Trinajstić information content (AvgIpc) is 3.35. The molecule has 0 unspecified atom stereocenters. The highest BCUT2D eigenvalue weighted by molar-refractivity contribution is 7.15. The predicted molar refractivity (Wildman–Crippen MR) is 117 cm³/mol. The quantitative estimate of drug-likeness (QED) is 0.676. The van der Waals surface area contributed by atoms with Crippen LogP contribution in [0.1, 0.15) is 29.5 Å². The monoisotopic (exact) mass is 393 g/mol. The van der Waals surface area contributed by atoms with Gasteiger partial charge < -0.3 is 9.80 Å². The summed E-state index contributed by atoms with van der Waals surface area (Å²) in [7, 11) is 0. The molecule has 0 aliphatic carbocycles. The Hall–Kier alpha value is -2.11. The van der Waals surface area contributed by atoms with Gasteiger partial charge in [-0.25, -0.2) is 0 Å². The second kappa shape index (κ2) is 7.37. The zero-order chi connectivity index (χ0) is 19.1. The van der Waals surface area contributed by atoms with E-state index in [4.69, 9.17) is 0 Å². The van der Waals surface area contributed by atoms with Crippen molar-refractivity contribution in [1.82, 2.24) is 9.30 Å². The van der Waals surface area contributed by atoms with Crippen molar-refractivity contribution in [3.8, 4) is 0 Å². The van der Waals surface area contributed by atoms with E-state index in [1.165, 1.54) is 37.1 Å². The van der Waals surface area contributed by atoms with Crippen LogP contribution in [0, 0.1) is 6.92 Å². The minimum atomic E-state index is 0.166. The number of aryl methyl sites for hydroxylation is 1. The molecule has 0 bridgehead atoms. The van der Waals surface area contributed by atoms with Gasteiger partial charge in [-0.1, -0.05) is 18.2 Å². The Balaban J connectivity index is 1.21. The van der Waals surface area contributed by atoms with Crippen molar-refractivity contribution in [1.29, 1.82) is 0 Å². The van der Waals surface area contributed by atoms with Crippen molar-refractivity contribution in [2.24, 2.45) is 0 Å². The van der Waals surface area contributed by atoms with E-state index in [-0.39, 0.29) is 5.56 Å². The molecule has 0 saturated carbocycles. The number of piperidine rings is 1. The van der Waals surface area contributed by atoms with E-state index in [1.54, 1.807) is 15.7 Å². The summed E-state index contributed by atoms with van der Waals surface area (Å²) in [6, 6.07) is 11.7. The summed E-state index contributed by atoms with van der Waals surface area (Å²) in [5, 5.41) is 1.99. The number of anilines is 1. The van der Waals surface area contributed by atoms with Gasteiger partial charge in [0.05, 0.1) is 0 Å². The molecule has 146 valence electrons. The smallest absolute Gasteiger partial charge is 0.259 e. The molecule has 0 amide bonds. The minimum Gasteiger partial charge on any atom is -0.368 e. The topological polar surface area (TPSA) is 28.0 Å². The molecule has 28 heavy (non-hydrogen) atoms. The Morgan fingerprint density at radius 2 is 1.96 bits per heavy atom. The normalized spacial score (nSPS) is 18.1. The Kier molecular flexibility index (Phi) is 4.73. The van der Waals surface area contributed by atoms with Crippen LogP contribution in [0.25, 0.3) is 4.83 Å². The lowest BCUT2D eigenvalue weighted by molar-refractivity contribution is 0.211. The molecule has 1 aromatic carbocycles. The van der Waals surface area contributed by atoms with Crippen molar-refractivity contribution >= 4 is 21.9 Å². The molecule has 4 heterocycles. The summed E-state index contributed by atoms with van der Waals surface area (Å²) in [5.74, 6) is 0. The fourth-order valence-corrected chi connectivity index (χ4v) is 5.74. The Bertz CT molecular complexity index is 1050. The van der Waals surface area contributed by atoms with Gasteiger partial charge in [-0.2, -0.15) is 0 Å². The number of hydrogen-bond donors (Lipinski definition) is 0. The summed E-state index contributed by atoms with van der Waals surface area (Å²) < 4.78 is 1.80. The van der Waals surface area contributed by atoms with Gasteiger partial charge in [0.2, 0.25) is 0 Å². The molecule has 5 rings (SSSR count). The fourth-order valence-electron chi connectivity index (χ4n) is 4.92. The van der Waals surface area contributed by atoms with Crippen LogP contribution in [0.4, 0.5) is 5.69 Å². The van der Waals surface area contributed by atoms with E-state index in [0.717, 1.165) is 42.0 Å². The molecule has 0 radical (unpaired) electrons. The first kappa shape index (κ1) is 18.0. The van der Waals surface area contributed by atoms with E-state index in [0.29, 0.717) is 6.04 Å². The number of aromatic nitrogens is 1. The number of benzene rings is 1. The molecule has 0 N–H and O–H groups in total. The van der Waals surface area contributed by atoms with Gasteiger partial charge in [-0.3, -0.25) is 9.20 Å². The molecular weight excluding hydrogens is 366 g/mol. The zero-order valence-corrected chi connectivity index (χ0v) is 17.3. The van der Waals surface area contributed by atoms with E-state index in [9.17, 15) is 4.79 Å². The lowest BCUT2D eigenvalue weighted by Gasteiger charge is -2.38. The lowest BCUT2D eigenvalue weighted by atomic mass is 10.0. The maximum absolute atomic E-state index is 12.8. The zero-order valence-electron chi connectivity index (χ0n) is 16.4. The van der Waals surface area contributed by atoms with E-state index >= 15 is 0 Å². The molecular formula is C23H27N3OS. The van der Waals surface area contributed by atoms with Crippen molar-refractivity contribution in [3.63, 3.8) is 0 Å². The fraction of sp³-hybridized carbons (Fsp3) is 0.435. The largest absolute Gasteiger partial charge is 0.368 e. The number of nitrogens with zero attached hydrogens (tertiary/aromatic N) is 3. The molecule has 0 atom stereocenters.